The number of amides is 1. The minimum Gasteiger partial charge on any atom is -0.486 e. The van der Waals surface area contributed by atoms with Gasteiger partial charge in [0.15, 0.2) is 17.3 Å². The Labute approximate surface area is 198 Å². The Morgan fingerprint density at radius 2 is 1.73 bits per heavy atom. The number of ether oxygens (including phenoxy) is 3. The van der Waals surface area contributed by atoms with Crippen LogP contribution in [0.4, 0.5) is 0 Å². The summed E-state index contributed by atoms with van der Waals surface area (Å²) in [5, 5.41) is 0. The van der Waals surface area contributed by atoms with Crippen molar-refractivity contribution in [3.8, 4) is 11.5 Å². The van der Waals surface area contributed by atoms with Gasteiger partial charge >= 0.3 is 0 Å². The second-order valence-electron chi connectivity index (χ2n) is 8.73. The van der Waals surface area contributed by atoms with Gasteiger partial charge in [-0.25, -0.2) is 0 Å². The fourth-order valence-corrected chi connectivity index (χ4v) is 5.79. The molecule has 3 aliphatic rings. The predicted octanol–water partition coefficient (Wildman–Crippen LogP) is 4.46. The maximum absolute atomic E-state index is 13.3. The summed E-state index contributed by atoms with van der Waals surface area (Å²) < 4.78 is 16.9. The summed E-state index contributed by atoms with van der Waals surface area (Å²) in [5.74, 6) is 2.28. The van der Waals surface area contributed by atoms with Crippen LogP contribution in [0.15, 0.2) is 47.4 Å². The number of hydrogen-bond acceptors (Lipinski definition) is 6. The summed E-state index contributed by atoms with van der Waals surface area (Å²) >= 11 is 1.70. The standard InChI is InChI=1S/C26H29NO5S/c28-25(19-7-8-22-23(16-19)32-15-14-31-22)18-9-11-27(12-10-18)26(29)21-5-1-2-6-24(21)33-17-20-4-3-13-30-20/h1-2,5-8,16,18,20H,3-4,9-15,17H2. The third kappa shape index (κ3) is 5.04. The smallest absolute Gasteiger partial charge is 0.254 e. The molecular weight excluding hydrogens is 438 g/mol. The summed E-state index contributed by atoms with van der Waals surface area (Å²) in [5.41, 5.74) is 1.40. The molecule has 0 bridgehead atoms. The van der Waals surface area contributed by atoms with Crippen LogP contribution in [0, 0.1) is 5.92 Å². The van der Waals surface area contributed by atoms with Crippen LogP contribution >= 0.6 is 11.8 Å². The van der Waals surface area contributed by atoms with Gasteiger partial charge in [-0.05, 0) is 56.0 Å². The summed E-state index contributed by atoms with van der Waals surface area (Å²) in [6.45, 7) is 3.04. The first-order valence-electron chi connectivity index (χ1n) is 11.8. The van der Waals surface area contributed by atoms with Crippen molar-refractivity contribution >= 4 is 23.5 Å². The van der Waals surface area contributed by atoms with Gasteiger partial charge in [0, 0.05) is 41.8 Å². The number of carbonyl (C=O) groups is 2. The van der Waals surface area contributed by atoms with Crippen LogP contribution < -0.4 is 9.47 Å². The second kappa shape index (κ2) is 10.2. The van der Waals surface area contributed by atoms with Gasteiger partial charge in [0.1, 0.15) is 13.2 Å². The van der Waals surface area contributed by atoms with Crippen LogP contribution in [0.3, 0.4) is 0 Å². The summed E-state index contributed by atoms with van der Waals surface area (Å²) in [7, 11) is 0. The van der Waals surface area contributed by atoms with Crippen molar-refractivity contribution in [3.63, 3.8) is 0 Å². The number of hydrogen-bond donors (Lipinski definition) is 0. The lowest BCUT2D eigenvalue weighted by Gasteiger charge is -2.32. The Kier molecular flexibility index (Phi) is 6.88. The maximum Gasteiger partial charge on any atom is 0.254 e. The third-order valence-electron chi connectivity index (χ3n) is 6.55. The van der Waals surface area contributed by atoms with Crippen molar-refractivity contribution in [1.82, 2.24) is 4.90 Å². The van der Waals surface area contributed by atoms with E-state index in [1.165, 1.54) is 0 Å². The molecule has 0 aromatic heterocycles. The molecule has 0 radical (unpaired) electrons. The lowest BCUT2D eigenvalue weighted by atomic mass is 9.88. The SMILES string of the molecule is O=C(c1ccc2c(c1)OCCO2)C1CCN(C(=O)c2ccccc2SCC2CCCO2)CC1. The van der Waals surface area contributed by atoms with Crippen LogP contribution in [0.1, 0.15) is 46.4 Å². The molecule has 0 saturated carbocycles. The summed E-state index contributed by atoms with van der Waals surface area (Å²) in [4.78, 5) is 29.3. The molecule has 33 heavy (non-hydrogen) atoms. The Morgan fingerprint density at radius 1 is 0.939 bits per heavy atom. The van der Waals surface area contributed by atoms with E-state index in [0.717, 1.165) is 35.7 Å². The lowest BCUT2D eigenvalue weighted by Crippen LogP contribution is -2.40. The topological polar surface area (TPSA) is 65.1 Å². The monoisotopic (exact) mass is 467 g/mol. The van der Waals surface area contributed by atoms with Crippen molar-refractivity contribution in [1.29, 1.82) is 0 Å². The van der Waals surface area contributed by atoms with E-state index in [1.54, 1.807) is 17.8 Å². The number of piperidine rings is 1. The lowest BCUT2D eigenvalue weighted by molar-refractivity contribution is 0.0647. The average molecular weight is 468 g/mol. The predicted molar refractivity (Wildman–Crippen MR) is 127 cm³/mol. The fourth-order valence-electron chi connectivity index (χ4n) is 4.68. The van der Waals surface area contributed by atoms with Crippen LogP contribution in [0.2, 0.25) is 0 Å². The van der Waals surface area contributed by atoms with Crippen molar-refractivity contribution < 1.29 is 23.8 Å². The Hall–Kier alpha value is -2.51. The van der Waals surface area contributed by atoms with E-state index < -0.39 is 0 Å². The zero-order valence-electron chi connectivity index (χ0n) is 18.7. The Bertz CT molecular complexity index is 1010. The highest BCUT2D eigenvalue weighted by molar-refractivity contribution is 7.99. The van der Waals surface area contributed by atoms with Crippen molar-refractivity contribution in [2.45, 2.75) is 36.7 Å². The number of ketones is 1. The highest BCUT2D eigenvalue weighted by Crippen LogP contribution is 2.33. The molecule has 3 aliphatic heterocycles. The van der Waals surface area contributed by atoms with Crippen molar-refractivity contribution in [3.05, 3.63) is 53.6 Å². The molecule has 7 heteroatoms. The average Bonchev–Trinajstić information content (AvgIpc) is 3.40. The molecule has 1 amide bonds. The first-order valence-corrected chi connectivity index (χ1v) is 12.7. The van der Waals surface area contributed by atoms with E-state index in [4.69, 9.17) is 14.2 Å². The zero-order chi connectivity index (χ0) is 22.6. The molecule has 2 aromatic rings. The molecule has 0 aliphatic carbocycles. The van der Waals surface area contributed by atoms with Gasteiger partial charge in [-0.1, -0.05) is 12.1 Å². The fraction of sp³-hybridized carbons (Fsp3) is 0.462. The number of carbonyl (C=O) groups excluding carboxylic acids is 2. The van der Waals surface area contributed by atoms with E-state index >= 15 is 0 Å². The van der Waals surface area contributed by atoms with E-state index in [2.05, 4.69) is 0 Å². The number of fused-ring (bicyclic) bond motifs is 1. The maximum atomic E-state index is 13.3. The number of likely N-dealkylation sites (tertiary alicyclic amines) is 1. The van der Waals surface area contributed by atoms with Crippen LogP contribution in [-0.2, 0) is 4.74 Å². The largest absolute Gasteiger partial charge is 0.486 e. The van der Waals surface area contributed by atoms with Gasteiger partial charge in [0.25, 0.3) is 5.91 Å². The van der Waals surface area contributed by atoms with Crippen molar-refractivity contribution in [2.24, 2.45) is 5.92 Å². The highest BCUT2D eigenvalue weighted by atomic mass is 32.2. The molecule has 6 nitrogen and oxygen atoms in total. The number of benzene rings is 2. The number of thioether (sulfide) groups is 1. The minimum absolute atomic E-state index is 0.0515. The van der Waals surface area contributed by atoms with Crippen molar-refractivity contribution in [2.75, 3.05) is 38.7 Å². The molecule has 3 heterocycles. The Morgan fingerprint density at radius 3 is 2.52 bits per heavy atom. The highest BCUT2D eigenvalue weighted by Gasteiger charge is 2.30. The number of Topliss-reactive ketones (excluding diaryl/α,β-unsaturated/α-hetero) is 1. The summed E-state index contributed by atoms with van der Waals surface area (Å²) in [6.07, 6.45) is 3.83. The van der Waals surface area contributed by atoms with Gasteiger partial charge in [-0.2, -0.15) is 0 Å². The van der Waals surface area contributed by atoms with E-state index in [-0.39, 0.29) is 23.7 Å². The molecule has 5 rings (SSSR count). The number of rotatable bonds is 6. The Balaban J connectivity index is 1.20. The quantitative estimate of drug-likeness (QED) is 0.462. The third-order valence-corrected chi connectivity index (χ3v) is 7.75. The van der Waals surface area contributed by atoms with Gasteiger partial charge < -0.3 is 19.1 Å². The molecular formula is C26H29NO5S. The second-order valence-corrected chi connectivity index (χ2v) is 9.79. The van der Waals surface area contributed by atoms with E-state index in [0.29, 0.717) is 56.2 Å². The van der Waals surface area contributed by atoms with Gasteiger partial charge in [-0.15, -0.1) is 11.8 Å². The van der Waals surface area contributed by atoms with Crippen LogP contribution in [-0.4, -0.2) is 61.4 Å². The van der Waals surface area contributed by atoms with Gasteiger partial charge in [0.2, 0.25) is 0 Å². The molecule has 1 atom stereocenters. The first-order chi connectivity index (χ1) is 16.2. The minimum atomic E-state index is -0.0826. The van der Waals surface area contributed by atoms with Crippen LogP contribution in [0.25, 0.3) is 0 Å². The molecule has 0 N–H and O–H groups in total. The zero-order valence-corrected chi connectivity index (χ0v) is 19.5. The normalized spacial score (nSPS) is 20.6. The molecule has 0 spiro atoms. The van der Waals surface area contributed by atoms with Gasteiger partial charge in [-0.3, -0.25) is 9.59 Å². The molecule has 174 valence electrons. The number of nitrogens with zero attached hydrogens (tertiary/aromatic N) is 1. The first kappa shape index (κ1) is 22.3. The molecule has 2 fully saturated rings. The van der Waals surface area contributed by atoms with E-state index in [9.17, 15) is 9.59 Å². The van der Waals surface area contributed by atoms with Crippen LogP contribution in [0.5, 0.6) is 11.5 Å². The van der Waals surface area contributed by atoms with Gasteiger partial charge in [0.05, 0.1) is 11.7 Å². The molecule has 1 unspecified atom stereocenters. The summed E-state index contributed by atoms with van der Waals surface area (Å²) in [6, 6.07) is 13.2. The molecule has 2 saturated heterocycles. The molecule has 2 aromatic carbocycles. The van der Waals surface area contributed by atoms with E-state index in [1.807, 2.05) is 41.3 Å².